The quantitative estimate of drug-likeness (QED) is 0.269. The molecular formula is C26H23ClF4N4O2S. The molecule has 1 aromatic heterocycles. The van der Waals surface area contributed by atoms with Gasteiger partial charge in [0.05, 0.1) is 35.3 Å². The van der Waals surface area contributed by atoms with Gasteiger partial charge in [-0.15, -0.1) is 0 Å². The molecule has 2 aliphatic rings. The summed E-state index contributed by atoms with van der Waals surface area (Å²) in [5, 5.41) is 4.18. The molecular weight excluding hydrogens is 544 g/mol. The number of imide groups is 1. The molecule has 38 heavy (non-hydrogen) atoms. The van der Waals surface area contributed by atoms with Gasteiger partial charge in [0.2, 0.25) is 0 Å². The Balaban J connectivity index is 1.31. The number of fused-ring (bicyclic) bond motifs is 1. The zero-order chi connectivity index (χ0) is 29.7. The van der Waals surface area contributed by atoms with Crippen molar-refractivity contribution in [2.75, 3.05) is 26.6 Å². The molecule has 3 aromatic rings. The first-order chi connectivity index (χ1) is 19.1. The maximum atomic E-state index is 15.5. The average Bonchev–Trinajstić information content (AvgIpc) is 3.39. The van der Waals surface area contributed by atoms with Crippen LogP contribution in [-0.2, 0) is 17.5 Å². The summed E-state index contributed by atoms with van der Waals surface area (Å²) in [5.74, 6) is -0.645. The van der Waals surface area contributed by atoms with E-state index in [9.17, 15) is 22.8 Å². The SMILES string of the molecule is [2H]C([2H])([2H])N1CCC(F)(CN2C(=O)S/C(=C\c3ccc4c(cnn4Cc4ccc(Cl)cc4C(F)(F)F)c3)C2=O)CC1. The smallest absolute Gasteiger partial charge is 0.306 e. The molecule has 0 spiro atoms. The Bertz CT molecular complexity index is 1550. The van der Waals surface area contributed by atoms with E-state index in [1.807, 2.05) is 0 Å². The van der Waals surface area contributed by atoms with Crippen LogP contribution in [0.4, 0.5) is 22.4 Å². The molecule has 2 amide bonds. The number of benzene rings is 2. The van der Waals surface area contributed by atoms with Gasteiger partial charge in [-0.2, -0.15) is 18.3 Å². The van der Waals surface area contributed by atoms with E-state index in [0.717, 1.165) is 11.0 Å². The zero-order valence-corrected chi connectivity index (χ0v) is 21.3. The molecule has 0 bridgehead atoms. The van der Waals surface area contributed by atoms with Crippen molar-refractivity contribution in [3.8, 4) is 0 Å². The van der Waals surface area contributed by atoms with Crippen LogP contribution in [0.1, 0.15) is 33.6 Å². The molecule has 200 valence electrons. The molecule has 2 aromatic carbocycles. The second-order valence-electron chi connectivity index (χ2n) is 9.33. The molecule has 0 N–H and O–H groups in total. The van der Waals surface area contributed by atoms with Crippen molar-refractivity contribution in [1.82, 2.24) is 19.6 Å². The molecule has 2 saturated heterocycles. The summed E-state index contributed by atoms with van der Waals surface area (Å²) in [4.78, 5) is 27.7. The van der Waals surface area contributed by atoms with Crippen molar-refractivity contribution in [2.24, 2.45) is 0 Å². The standard InChI is InChI=1S/C26H23ClF4N4O2S/c1-33-8-6-25(28,7-9-33)15-34-23(36)22(38-24(34)37)11-16-2-5-21-18(10-16)13-32-35(21)14-17-3-4-19(27)12-20(17)26(29,30)31/h2-5,10-13H,6-9,14-15H2,1H3/b22-11-/i1D3. The number of likely N-dealkylation sites (tertiary alicyclic amines) is 1. The molecule has 0 aliphatic carbocycles. The van der Waals surface area contributed by atoms with Crippen LogP contribution >= 0.6 is 23.4 Å². The monoisotopic (exact) mass is 569 g/mol. The number of alkyl halides is 4. The van der Waals surface area contributed by atoms with E-state index < -0.39 is 42.1 Å². The highest BCUT2D eigenvalue weighted by atomic mass is 35.5. The Morgan fingerprint density at radius 3 is 2.66 bits per heavy atom. The Hall–Kier alpha value is -2.89. The molecule has 6 nitrogen and oxygen atoms in total. The number of aromatic nitrogens is 2. The Labute approximate surface area is 229 Å². The Morgan fingerprint density at radius 1 is 1.18 bits per heavy atom. The third-order valence-corrected chi connectivity index (χ3v) is 7.78. The molecule has 0 radical (unpaired) electrons. The summed E-state index contributed by atoms with van der Waals surface area (Å²) in [6.45, 7) is -2.96. The number of thioether (sulfide) groups is 1. The van der Waals surface area contributed by atoms with Gasteiger partial charge in [-0.25, -0.2) is 4.39 Å². The van der Waals surface area contributed by atoms with Gasteiger partial charge >= 0.3 is 6.18 Å². The van der Waals surface area contributed by atoms with Crippen molar-refractivity contribution in [2.45, 2.75) is 31.2 Å². The largest absolute Gasteiger partial charge is 0.416 e. The average molecular weight is 570 g/mol. The molecule has 2 aliphatic heterocycles. The van der Waals surface area contributed by atoms with Crippen LogP contribution in [0.2, 0.25) is 5.02 Å². The second kappa shape index (κ2) is 10.0. The Morgan fingerprint density at radius 2 is 1.95 bits per heavy atom. The molecule has 3 heterocycles. The minimum atomic E-state index is -4.59. The maximum absolute atomic E-state index is 15.5. The van der Waals surface area contributed by atoms with Gasteiger partial charge < -0.3 is 4.90 Å². The Kier molecular flexibility index (Phi) is 6.07. The van der Waals surface area contributed by atoms with Gasteiger partial charge in [0.1, 0.15) is 5.67 Å². The van der Waals surface area contributed by atoms with Crippen LogP contribution in [0.5, 0.6) is 0 Å². The number of nitrogens with zero attached hydrogens (tertiary/aromatic N) is 4. The van der Waals surface area contributed by atoms with Gasteiger partial charge in [-0.1, -0.05) is 23.7 Å². The number of piperidine rings is 1. The van der Waals surface area contributed by atoms with E-state index in [0.29, 0.717) is 28.2 Å². The molecule has 2 fully saturated rings. The highest BCUT2D eigenvalue weighted by Crippen LogP contribution is 2.37. The fraction of sp³-hybridized carbons (Fsp3) is 0.346. The van der Waals surface area contributed by atoms with Crippen LogP contribution in [0.15, 0.2) is 47.5 Å². The van der Waals surface area contributed by atoms with Gasteiger partial charge in [-0.05, 0) is 73.0 Å². The summed E-state index contributed by atoms with van der Waals surface area (Å²) < 4.78 is 79.9. The molecule has 5 rings (SSSR count). The van der Waals surface area contributed by atoms with Crippen LogP contribution < -0.4 is 0 Å². The van der Waals surface area contributed by atoms with Crippen molar-refractivity contribution in [3.05, 3.63) is 69.2 Å². The summed E-state index contributed by atoms with van der Waals surface area (Å²) >= 11 is 6.45. The van der Waals surface area contributed by atoms with Crippen molar-refractivity contribution >= 4 is 51.5 Å². The highest BCUT2D eigenvalue weighted by molar-refractivity contribution is 8.18. The van der Waals surface area contributed by atoms with Crippen molar-refractivity contribution < 1.29 is 31.3 Å². The number of carbonyl (C=O) groups excluding carboxylic acids is 2. The first-order valence-electron chi connectivity index (χ1n) is 13.1. The maximum Gasteiger partial charge on any atom is 0.416 e. The summed E-state index contributed by atoms with van der Waals surface area (Å²) in [6, 6.07) is 8.54. The van der Waals surface area contributed by atoms with E-state index in [4.69, 9.17) is 15.7 Å². The van der Waals surface area contributed by atoms with Gasteiger partial charge in [0.25, 0.3) is 11.1 Å². The first kappa shape index (κ1) is 23.0. The van der Waals surface area contributed by atoms with Crippen LogP contribution in [0.3, 0.4) is 0 Å². The number of rotatable bonds is 5. The van der Waals surface area contributed by atoms with E-state index >= 15 is 4.39 Å². The minimum absolute atomic E-state index is 0.000588. The number of hydrogen-bond acceptors (Lipinski definition) is 5. The van der Waals surface area contributed by atoms with E-state index in [-0.39, 0.29) is 48.0 Å². The highest BCUT2D eigenvalue weighted by Gasteiger charge is 2.43. The van der Waals surface area contributed by atoms with Gasteiger partial charge in [0.15, 0.2) is 0 Å². The van der Waals surface area contributed by atoms with Crippen molar-refractivity contribution in [3.63, 3.8) is 0 Å². The molecule has 0 atom stereocenters. The lowest BCUT2D eigenvalue weighted by Crippen LogP contribution is -2.48. The normalized spacial score (nSPS) is 21.2. The van der Waals surface area contributed by atoms with Crippen LogP contribution in [-0.4, -0.2) is 63.0 Å². The van der Waals surface area contributed by atoms with Gasteiger partial charge in [-0.3, -0.25) is 19.2 Å². The molecule has 0 saturated carbocycles. The minimum Gasteiger partial charge on any atom is -0.306 e. The number of carbonyl (C=O) groups is 2. The first-order valence-corrected chi connectivity index (χ1v) is 12.8. The predicted molar refractivity (Wildman–Crippen MR) is 139 cm³/mol. The van der Waals surface area contributed by atoms with Crippen LogP contribution in [0, 0.1) is 0 Å². The summed E-state index contributed by atoms with van der Waals surface area (Å²) in [7, 11) is 0. The fourth-order valence-electron chi connectivity index (χ4n) is 4.57. The zero-order valence-electron chi connectivity index (χ0n) is 22.8. The van der Waals surface area contributed by atoms with Crippen LogP contribution in [0.25, 0.3) is 17.0 Å². The van der Waals surface area contributed by atoms with Gasteiger partial charge in [0, 0.05) is 27.6 Å². The molecule has 0 unspecified atom stereocenters. The summed E-state index contributed by atoms with van der Waals surface area (Å²) in [6.07, 6.45) is -1.85. The number of amides is 2. The number of hydrogen-bond donors (Lipinski definition) is 0. The topological polar surface area (TPSA) is 58.4 Å². The van der Waals surface area contributed by atoms with E-state index in [1.165, 1.54) is 34.0 Å². The van der Waals surface area contributed by atoms with E-state index in [1.54, 1.807) is 18.2 Å². The lowest BCUT2D eigenvalue weighted by molar-refractivity contribution is -0.138. The second-order valence-corrected chi connectivity index (χ2v) is 10.8. The summed E-state index contributed by atoms with van der Waals surface area (Å²) in [5.41, 5.74) is -1.63. The number of halogens is 5. The van der Waals surface area contributed by atoms with E-state index in [2.05, 4.69) is 5.10 Å². The lowest BCUT2D eigenvalue weighted by Gasteiger charge is -2.36. The third-order valence-electron chi connectivity index (χ3n) is 6.64. The van der Waals surface area contributed by atoms with Crippen molar-refractivity contribution in [1.29, 1.82) is 0 Å². The third kappa shape index (κ3) is 5.45. The predicted octanol–water partition coefficient (Wildman–Crippen LogP) is 6.23. The fourth-order valence-corrected chi connectivity index (χ4v) is 5.58. The molecule has 12 heteroatoms. The lowest BCUT2D eigenvalue weighted by atomic mass is 9.93.